The molecule has 3 aromatic rings. The number of likely N-dealkylation sites (N-methyl/N-ethyl adjacent to an activating group) is 1. The van der Waals surface area contributed by atoms with Crippen molar-refractivity contribution in [3.05, 3.63) is 30.7 Å². The lowest BCUT2D eigenvalue weighted by Gasteiger charge is -2.22. The minimum Gasteiger partial charge on any atom is -0.369 e. The Morgan fingerprint density at radius 1 is 1.25 bits per heavy atom. The molecule has 1 unspecified atom stereocenters. The van der Waals surface area contributed by atoms with Gasteiger partial charge in [0.25, 0.3) is 0 Å². The van der Waals surface area contributed by atoms with Crippen LogP contribution < -0.4 is 10.6 Å². The quantitative estimate of drug-likeness (QED) is 0.763. The molecule has 0 spiro atoms. The molecule has 3 N–H and O–H groups in total. The summed E-state index contributed by atoms with van der Waals surface area (Å²) in [6, 6.07) is 4.54. The van der Waals surface area contributed by atoms with Crippen LogP contribution in [0.5, 0.6) is 0 Å². The Labute approximate surface area is 140 Å². The van der Waals surface area contributed by atoms with Gasteiger partial charge in [-0.15, -0.1) is 0 Å². The fraction of sp³-hybridized carbons (Fsp3) is 0.353. The Morgan fingerprint density at radius 3 is 2.83 bits per heavy atom. The molecule has 1 atom stereocenters. The molecule has 24 heavy (non-hydrogen) atoms. The summed E-state index contributed by atoms with van der Waals surface area (Å²) in [4.78, 5) is 20.8. The molecule has 1 fully saturated rings. The fourth-order valence-corrected chi connectivity index (χ4v) is 3.41. The lowest BCUT2D eigenvalue weighted by molar-refractivity contribution is 0.315. The molecule has 7 nitrogen and oxygen atoms in total. The molecule has 0 aromatic carbocycles. The van der Waals surface area contributed by atoms with Gasteiger partial charge in [0.15, 0.2) is 0 Å². The first kappa shape index (κ1) is 14.9. The van der Waals surface area contributed by atoms with Crippen molar-refractivity contribution in [1.29, 1.82) is 0 Å². The number of nitrogens with two attached hydrogens (primary N) is 1. The Kier molecular flexibility index (Phi) is 3.57. The van der Waals surface area contributed by atoms with Crippen LogP contribution in [0.15, 0.2) is 30.7 Å². The van der Waals surface area contributed by atoms with Gasteiger partial charge in [-0.1, -0.05) is 0 Å². The van der Waals surface area contributed by atoms with Gasteiger partial charge in [0, 0.05) is 43.3 Å². The number of nitrogen functional groups attached to an aromatic ring is 1. The number of pyridine rings is 1. The van der Waals surface area contributed by atoms with E-state index in [1.807, 2.05) is 18.5 Å². The lowest BCUT2D eigenvalue weighted by Crippen LogP contribution is -2.31. The molecule has 124 valence electrons. The molecule has 1 saturated heterocycles. The number of aromatic nitrogens is 4. The SMILES string of the molecule is CN(C)C1CCN(c2ccnc3[nH]cc(-c4ccnc(N)n4)c23)C1. The molecule has 1 aliphatic heterocycles. The van der Waals surface area contributed by atoms with Gasteiger partial charge < -0.3 is 20.5 Å². The molecule has 4 rings (SSSR count). The van der Waals surface area contributed by atoms with Gasteiger partial charge in [0.2, 0.25) is 5.95 Å². The molecule has 0 saturated carbocycles. The summed E-state index contributed by atoms with van der Waals surface area (Å²) < 4.78 is 0. The highest BCUT2D eigenvalue weighted by Gasteiger charge is 2.26. The smallest absolute Gasteiger partial charge is 0.220 e. The van der Waals surface area contributed by atoms with Crippen molar-refractivity contribution in [3.8, 4) is 11.3 Å². The van der Waals surface area contributed by atoms with Crippen LogP contribution in [0, 0.1) is 0 Å². The van der Waals surface area contributed by atoms with Crippen LogP contribution in [-0.2, 0) is 0 Å². The van der Waals surface area contributed by atoms with E-state index < -0.39 is 0 Å². The van der Waals surface area contributed by atoms with Crippen molar-refractivity contribution < 1.29 is 0 Å². The maximum Gasteiger partial charge on any atom is 0.220 e. The normalized spacial score (nSPS) is 18.0. The minimum absolute atomic E-state index is 0.279. The molecule has 0 amide bonds. The molecule has 4 heterocycles. The summed E-state index contributed by atoms with van der Waals surface area (Å²) in [5.41, 5.74) is 9.64. The van der Waals surface area contributed by atoms with E-state index in [2.05, 4.69) is 49.9 Å². The molecule has 1 aliphatic rings. The van der Waals surface area contributed by atoms with Crippen LogP contribution in [0.3, 0.4) is 0 Å². The van der Waals surface area contributed by atoms with Crippen molar-refractivity contribution in [2.45, 2.75) is 12.5 Å². The van der Waals surface area contributed by atoms with Gasteiger partial charge in [-0.2, -0.15) is 0 Å². The van der Waals surface area contributed by atoms with E-state index in [9.17, 15) is 0 Å². The number of hydrogen-bond donors (Lipinski definition) is 2. The number of rotatable bonds is 3. The second kappa shape index (κ2) is 5.76. The summed E-state index contributed by atoms with van der Waals surface area (Å²) in [5, 5.41) is 1.09. The first-order valence-corrected chi connectivity index (χ1v) is 8.10. The summed E-state index contributed by atoms with van der Waals surface area (Å²) in [6.07, 6.45) is 6.65. The molecule has 0 bridgehead atoms. The van der Waals surface area contributed by atoms with E-state index in [0.29, 0.717) is 6.04 Å². The maximum atomic E-state index is 5.76. The van der Waals surface area contributed by atoms with E-state index in [1.165, 1.54) is 5.69 Å². The number of aromatic amines is 1. The van der Waals surface area contributed by atoms with Crippen molar-refractivity contribution >= 4 is 22.7 Å². The van der Waals surface area contributed by atoms with E-state index in [4.69, 9.17) is 5.73 Å². The molecular formula is C17H21N7. The van der Waals surface area contributed by atoms with Crippen molar-refractivity contribution in [1.82, 2.24) is 24.8 Å². The third-order valence-corrected chi connectivity index (χ3v) is 4.74. The van der Waals surface area contributed by atoms with Gasteiger partial charge in [-0.3, -0.25) is 0 Å². The zero-order valence-electron chi connectivity index (χ0n) is 13.9. The average molecular weight is 323 g/mol. The first-order chi connectivity index (χ1) is 11.6. The maximum absolute atomic E-state index is 5.76. The Bertz CT molecular complexity index is 870. The first-order valence-electron chi connectivity index (χ1n) is 8.10. The second-order valence-corrected chi connectivity index (χ2v) is 6.41. The topological polar surface area (TPSA) is 87.0 Å². The number of hydrogen-bond acceptors (Lipinski definition) is 6. The van der Waals surface area contributed by atoms with Crippen LogP contribution >= 0.6 is 0 Å². The van der Waals surface area contributed by atoms with Gasteiger partial charge in [0.05, 0.1) is 16.8 Å². The number of nitrogens with zero attached hydrogens (tertiary/aromatic N) is 5. The van der Waals surface area contributed by atoms with Gasteiger partial charge >= 0.3 is 0 Å². The number of H-pyrrole nitrogens is 1. The minimum atomic E-state index is 0.279. The highest BCUT2D eigenvalue weighted by molar-refractivity contribution is 6.02. The van der Waals surface area contributed by atoms with Crippen molar-refractivity contribution in [3.63, 3.8) is 0 Å². The number of nitrogens with one attached hydrogen (secondary N) is 1. The number of fused-ring (bicyclic) bond motifs is 1. The number of anilines is 2. The third-order valence-electron chi connectivity index (χ3n) is 4.74. The predicted molar refractivity (Wildman–Crippen MR) is 95.8 cm³/mol. The molecular weight excluding hydrogens is 302 g/mol. The van der Waals surface area contributed by atoms with Crippen molar-refractivity contribution in [2.24, 2.45) is 0 Å². The fourth-order valence-electron chi connectivity index (χ4n) is 3.41. The van der Waals surface area contributed by atoms with Crippen molar-refractivity contribution in [2.75, 3.05) is 37.8 Å². The van der Waals surface area contributed by atoms with Gasteiger partial charge in [-0.05, 0) is 32.6 Å². The standard InChI is InChI=1S/C17H21N7/c1-23(2)11-5-8-24(10-11)14-4-7-19-16-15(14)12(9-21-16)13-3-6-20-17(18)22-13/h3-4,6-7,9,11H,5,8,10H2,1-2H3,(H,19,21)(H2,18,20,22). The molecule has 0 aliphatic carbocycles. The average Bonchev–Trinajstić information content (AvgIpc) is 3.22. The van der Waals surface area contributed by atoms with Crippen LogP contribution in [-0.4, -0.2) is 58.1 Å². The Hall–Kier alpha value is -2.67. The summed E-state index contributed by atoms with van der Waals surface area (Å²) in [5.74, 6) is 0.279. The second-order valence-electron chi connectivity index (χ2n) is 6.41. The summed E-state index contributed by atoms with van der Waals surface area (Å²) in [7, 11) is 4.28. The predicted octanol–water partition coefficient (Wildman–Crippen LogP) is 1.74. The van der Waals surface area contributed by atoms with E-state index in [0.717, 1.165) is 41.8 Å². The Balaban J connectivity index is 1.81. The molecule has 3 aromatic heterocycles. The van der Waals surface area contributed by atoms with Gasteiger partial charge in [0.1, 0.15) is 5.65 Å². The monoisotopic (exact) mass is 323 g/mol. The third kappa shape index (κ3) is 2.46. The zero-order valence-corrected chi connectivity index (χ0v) is 13.9. The summed E-state index contributed by atoms with van der Waals surface area (Å²) in [6.45, 7) is 2.06. The van der Waals surface area contributed by atoms with Crippen LogP contribution in [0.4, 0.5) is 11.6 Å². The van der Waals surface area contributed by atoms with Crippen LogP contribution in [0.2, 0.25) is 0 Å². The molecule has 0 radical (unpaired) electrons. The van der Waals surface area contributed by atoms with Gasteiger partial charge in [-0.25, -0.2) is 15.0 Å². The summed E-state index contributed by atoms with van der Waals surface area (Å²) >= 11 is 0. The Morgan fingerprint density at radius 2 is 2.08 bits per heavy atom. The zero-order chi connectivity index (χ0) is 16.7. The van der Waals surface area contributed by atoms with E-state index >= 15 is 0 Å². The highest BCUT2D eigenvalue weighted by atomic mass is 15.2. The molecule has 7 heteroatoms. The lowest BCUT2D eigenvalue weighted by atomic mass is 10.1. The van der Waals surface area contributed by atoms with Crippen LogP contribution in [0.25, 0.3) is 22.3 Å². The largest absolute Gasteiger partial charge is 0.369 e. The van der Waals surface area contributed by atoms with E-state index in [-0.39, 0.29) is 5.95 Å². The van der Waals surface area contributed by atoms with E-state index in [1.54, 1.807) is 6.20 Å². The van der Waals surface area contributed by atoms with Crippen LogP contribution in [0.1, 0.15) is 6.42 Å². The highest BCUT2D eigenvalue weighted by Crippen LogP contribution is 2.35.